The molecule has 1 aromatic rings. The van der Waals surface area contributed by atoms with E-state index in [-0.39, 0.29) is 63.0 Å². The predicted octanol–water partition coefficient (Wildman–Crippen LogP) is 0.259. The molecular weight excluding hydrogens is 373 g/mol. The number of nitrogens with two attached hydrogens (primary N) is 1. The molecule has 1 amide bonds. The van der Waals surface area contributed by atoms with Crippen LogP contribution in [0.15, 0.2) is 18.2 Å². The van der Waals surface area contributed by atoms with Crippen LogP contribution in [0.25, 0.3) is 0 Å². The molecule has 0 aromatic heterocycles. The third-order valence-electron chi connectivity index (χ3n) is 3.76. The van der Waals surface area contributed by atoms with Crippen LogP contribution in [0.1, 0.15) is 26.3 Å². The fourth-order valence-corrected chi connectivity index (χ4v) is 2.74. The second kappa shape index (κ2) is 9.18. The summed E-state index contributed by atoms with van der Waals surface area (Å²) in [6.45, 7) is 2.42. The first kappa shape index (κ1) is 23.6. The summed E-state index contributed by atoms with van der Waals surface area (Å²) in [5.74, 6) is 0. The quantitative estimate of drug-likeness (QED) is 0.588. The summed E-state index contributed by atoms with van der Waals surface area (Å²) >= 11 is 0. The first-order valence-electron chi connectivity index (χ1n) is 8.26. The summed E-state index contributed by atoms with van der Waals surface area (Å²) in [5, 5.41) is 0. The van der Waals surface area contributed by atoms with Crippen LogP contribution in [0.5, 0.6) is 0 Å². The van der Waals surface area contributed by atoms with Gasteiger partial charge in [0.05, 0.1) is 0 Å². The number of amides is 1. The van der Waals surface area contributed by atoms with Crippen molar-refractivity contribution >= 4 is 24.4 Å². The van der Waals surface area contributed by atoms with Crippen LogP contribution in [-0.4, -0.2) is 49.8 Å². The van der Waals surface area contributed by atoms with Gasteiger partial charge in [0.2, 0.25) is 0 Å². The van der Waals surface area contributed by atoms with Crippen molar-refractivity contribution in [1.82, 2.24) is 4.90 Å². The first-order chi connectivity index (χ1) is 11.4. The minimum atomic E-state index is -4.91. The SMILES string of the molecule is CC(C)(C)OC(=O)N1CCN(c2cc(N)cc(C[B-](F)(F)F)c2)CC1.[K+]. The maximum Gasteiger partial charge on any atom is 1.00 e. The van der Waals surface area contributed by atoms with Crippen LogP contribution in [-0.2, 0) is 11.1 Å². The fraction of sp³-hybridized carbons (Fsp3) is 0.562. The molecule has 2 rings (SSSR count). The van der Waals surface area contributed by atoms with Gasteiger partial charge in [-0.1, -0.05) is 11.9 Å². The van der Waals surface area contributed by atoms with Crippen molar-refractivity contribution < 1.29 is 73.9 Å². The molecule has 0 atom stereocenters. The molecule has 10 heteroatoms. The summed E-state index contributed by atoms with van der Waals surface area (Å²) < 4.78 is 43.4. The summed E-state index contributed by atoms with van der Waals surface area (Å²) in [6.07, 6.45) is -1.32. The molecule has 5 nitrogen and oxygen atoms in total. The Morgan fingerprint density at radius 1 is 1.15 bits per heavy atom. The molecule has 140 valence electrons. The first-order valence-corrected chi connectivity index (χ1v) is 8.26. The number of piperazine rings is 1. The number of carbonyl (C=O) groups excluding carboxylic acids is 1. The Bertz CT molecular complexity index is 630. The van der Waals surface area contributed by atoms with E-state index in [1.54, 1.807) is 31.7 Å². The minimum absolute atomic E-state index is 0. The molecule has 0 bridgehead atoms. The molecule has 1 heterocycles. The smallest absolute Gasteiger partial charge is 0.449 e. The van der Waals surface area contributed by atoms with E-state index in [0.29, 0.717) is 37.6 Å². The van der Waals surface area contributed by atoms with Crippen molar-refractivity contribution in [1.29, 1.82) is 0 Å². The van der Waals surface area contributed by atoms with Crippen LogP contribution in [0.4, 0.5) is 29.1 Å². The van der Waals surface area contributed by atoms with Gasteiger partial charge in [0, 0.05) is 37.6 Å². The number of anilines is 2. The number of hydrogen-bond acceptors (Lipinski definition) is 4. The molecule has 0 unspecified atom stereocenters. The van der Waals surface area contributed by atoms with Crippen molar-refractivity contribution in [3.05, 3.63) is 23.8 Å². The number of hydrogen-bond donors (Lipinski definition) is 1. The zero-order chi connectivity index (χ0) is 18.8. The zero-order valence-electron chi connectivity index (χ0n) is 15.8. The van der Waals surface area contributed by atoms with Crippen LogP contribution in [0.3, 0.4) is 0 Å². The van der Waals surface area contributed by atoms with Gasteiger partial charge in [-0.2, -0.15) is 0 Å². The van der Waals surface area contributed by atoms with E-state index in [4.69, 9.17) is 10.5 Å². The van der Waals surface area contributed by atoms with Gasteiger partial charge in [-0.3, -0.25) is 0 Å². The molecule has 2 N–H and O–H groups in total. The molecule has 1 aliphatic rings. The standard InChI is InChI=1S/C16H24BF3N3O2.K/c1-16(2,3)25-15(24)23-6-4-22(5-7-23)14-9-12(8-13(21)10-14)11-17(18,19)20;/h8-10H,4-7,11,21H2,1-3H3;/q-1;+1. The van der Waals surface area contributed by atoms with Gasteiger partial charge in [0.1, 0.15) is 5.60 Å². The molecule has 0 radical (unpaired) electrons. The average molecular weight is 397 g/mol. The fourth-order valence-electron chi connectivity index (χ4n) is 2.74. The number of nitrogens with zero attached hydrogens (tertiary/aromatic N) is 2. The zero-order valence-corrected chi connectivity index (χ0v) is 18.9. The molecule has 1 aromatic carbocycles. The van der Waals surface area contributed by atoms with Gasteiger partial charge in [0.25, 0.3) is 0 Å². The van der Waals surface area contributed by atoms with Crippen LogP contribution < -0.4 is 62.0 Å². The van der Waals surface area contributed by atoms with Crippen LogP contribution in [0, 0.1) is 0 Å². The van der Waals surface area contributed by atoms with Crippen molar-refractivity contribution in [2.24, 2.45) is 0 Å². The van der Waals surface area contributed by atoms with Crippen molar-refractivity contribution in [2.75, 3.05) is 36.8 Å². The minimum Gasteiger partial charge on any atom is -0.449 e. The normalized spacial score (nSPS) is 15.5. The average Bonchev–Trinajstić information content (AvgIpc) is 2.43. The Hall–Kier alpha value is -0.419. The van der Waals surface area contributed by atoms with Gasteiger partial charge in [-0.05, 0) is 39.0 Å². The number of nitrogen functional groups attached to an aromatic ring is 1. The Balaban J connectivity index is 0.00000338. The number of rotatable bonds is 3. The van der Waals surface area contributed by atoms with Gasteiger partial charge in [-0.15, -0.1) is 0 Å². The second-order valence-electron chi connectivity index (χ2n) is 7.30. The van der Waals surface area contributed by atoms with Gasteiger partial charge < -0.3 is 33.2 Å². The molecular formula is C16H24BF3KN3O2. The molecule has 0 spiro atoms. The van der Waals surface area contributed by atoms with Crippen molar-refractivity contribution in [2.45, 2.75) is 32.7 Å². The molecule has 1 saturated heterocycles. The van der Waals surface area contributed by atoms with Gasteiger partial charge in [0.15, 0.2) is 0 Å². The summed E-state index contributed by atoms with van der Waals surface area (Å²) in [7, 11) is 0. The largest absolute Gasteiger partial charge is 1.00 e. The summed E-state index contributed by atoms with van der Waals surface area (Å²) in [6, 6.07) is 4.54. The van der Waals surface area contributed by atoms with E-state index < -0.39 is 18.9 Å². The molecule has 1 fully saturated rings. The van der Waals surface area contributed by atoms with Crippen LogP contribution in [0.2, 0.25) is 0 Å². The Labute approximate surface area is 194 Å². The third-order valence-corrected chi connectivity index (χ3v) is 3.76. The van der Waals surface area contributed by atoms with Crippen molar-refractivity contribution in [3.8, 4) is 0 Å². The van der Waals surface area contributed by atoms with E-state index >= 15 is 0 Å². The Morgan fingerprint density at radius 2 is 1.73 bits per heavy atom. The molecule has 26 heavy (non-hydrogen) atoms. The summed E-state index contributed by atoms with van der Waals surface area (Å²) in [5.41, 5.74) is 6.32. The monoisotopic (exact) mass is 397 g/mol. The van der Waals surface area contributed by atoms with Crippen LogP contribution >= 0.6 is 0 Å². The van der Waals surface area contributed by atoms with E-state index in [9.17, 15) is 17.7 Å². The molecule has 0 aliphatic carbocycles. The second-order valence-corrected chi connectivity index (χ2v) is 7.30. The van der Waals surface area contributed by atoms with Gasteiger partial charge in [-0.25, -0.2) is 4.79 Å². The number of halogens is 3. The molecule has 0 saturated carbocycles. The van der Waals surface area contributed by atoms with E-state index in [2.05, 4.69) is 0 Å². The predicted molar refractivity (Wildman–Crippen MR) is 93.7 cm³/mol. The Morgan fingerprint density at radius 3 is 2.23 bits per heavy atom. The van der Waals surface area contributed by atoms with E-state index in [0.717, 1.165) is 0 Å². The van der Waals surface area contributed by atoms with E-state index in [1.807, 2.05) is 4.90 Å². The topological polar surface area (TPSA) is 58.8 Å². The maximum atomic E-state index is 12.7. The number of benzene rings is 1. The third kappa shape index (κ3) is 7.68. The van der Waals surface area contributed by atoms with Gasteiger partial charge >= 0.3 is 64.5 Å². The summed E-state index contributed by atoms with van der Waals surface area (Å²) in [4.78, 5) is 15.6. The molecule has 1 aliphatic heterocycles. The van der Waals surface area contributed by atoms with Crippen molar-refractivity contribution in [3.63, 3.8) is 0 Å². The maximum absolute atomic E-state index is 12.7. The Kier molecular flexibility index (Phi) is 8.34. The number of carbonyl (C=O) groups is 1. The van der Waals surface area contributed by atoms with E-state index in [1.165, 1.54) is 12.1 Å². The number of ether oxygens (including phenoxy) is 1.